The van der Waals surface area contributed by atoms with Gasteiger partial charge in [0, 0.05) is 12.6 Å². The molecule has 1 aromatic carbocycles. The summed E-state index contributed by atoms with van der Waals surface area (Å²) in [4.78, 5) is 27.3. The van der Waals surface area contributed by atoms with Gasteiger partial charge in [0.1, 0.15) is 11.5 Å². The lowest BCUT2D eigenvalue weighted by atomic mass is 10.1. The van der Waals surface area contributed by atoms with E-state index in [0.29, 0.717) is 17.0 Å². The van der Waals surface area contributed by atoms with Crippen LogP contribution in [0, 0.1) is 13.8 Å². The second-order valence-electron chi connectivity index (χ2n) is 5.47. The number of furan rings is 1. The largest absolute Gasteiger partial charge is 0.466 e. The Morgan fingerprint density at radius 2 is 1.92 bits per heavy atom. The molecule has 0 radical (unpaired) electrons. The van der Waals surface area contributed by atoms with Crippen molar-refractivity contribution in [2.24, 2.45) is 4.99 Å². The summed E-state index contributed by atoms with van der Waals surface area (Å²) in [5, 5.41) is 2.68. The molecule has 0 saturated carbocycles. The van der Waals surface area contributed by atoms with E-state index in [2.05, 4.69) is 10.3 Å². The van der Waals surface area contributed by atoms with Crippen LogP contribution in [-0.4, -0.2) is 17.8 Å². The highest BCUT2D eigenvalue weighted by molar-refractivity contribution is 6.13. The fraction of sp³-hybridized carbons (Fsp3) is 0.167. The predicted octanol–water partition coefficient (Wildman–Crippen LogP) is 3.20. The van der Waals surface area contributed by atoms with Crippen LogP contribution in [0.25, 0.3) is 6.08 Å². The van der Waals surface area contributed by atoms with Gasteiger partial charge in [0.25, 0.3) is 0 Å². The Labute approximate surface area is 138 Å². The first kappa shape index (κ1) is 15.7. The van der Waals surface area contributed by atoms with Gasteiger partial charge in [-0.15, -0.1) is 0 Å². The number of aliphatic imine (C=N–C) groups is 1. The van der Waals surface area contributed by atoms with E-state index in [1.54, 1.807) is 43.3 Å². The smallest absolute Gasteiger partial charge is 0.363 e. The third-order valence-electron chi connectivity index (χ3n) is 3.43. The Kier molecular flexibility index (Phi) is 4.04. The molecule has 0 aliphatic carbocycles. The lowest BCUT2D eigenvalue weighted by molar-refractivity contribution is -0.129. The third kappa shape index (κ3) is 3.27. The van der Waals surface area contributed by atoms with E-state index >= 15 is 0 Å². The highest BCUT2D eigenvalue weighted by atomic mass is 16.6. The minimum Gasteiger partial charge on any atom is -0.466 e. The monoisotopic (exact) mass is 324 g/mol. The Morgan fingerprint density at radius 3 is 2.50 bits per heavy atom. The zero-order chi connectivity index (χ0) is 17.3. The first-order valence-corrected chi connectivity index (χ1v) is 7.40. The van der Waals surface area contributed by atoms with Crippen LogP contribution in [-0.2, 0) is 14.3 Å². The van der Waals surface area contributed by atoms with Gasteiger partial charge in [0.15, 0.2) is 5.70 Å². The number of ether oxygens (including phenoxy) is 1. The molecule has 1 amide bonds. The molecule has 6 nitrogen and oxygen atoms in total. The molecule has 0 fully saturated rings. The van der Waals surface area contributed by atoms with Crippen LogP contribution in [0.1, 0.15) is 29.6 Å². The van der Waals surface area contributed by atoms with Gasteiger partial charge in [0.2, 0.25) is 11.8 Å². The summed E-state index contributed by atoms with van der Waals surface area (Å²) in [6, 6.07) is 8.86. The van der Waals surface area contributed by atoms with E-state index in [-0.39, 0.29) is 17.5 Å². The van der Waals surface area contributed by atoms with E-state index in [1.807, 2.05) is 6.92 Å². The third-order valence-corrected chi connectivity index (χ3v) is 3.43. The van der Waals surface area contributed by atoms with Gasteiger partial charge in [-0.1, -0.05) is 12.1 Å². The molecule has 1 aromatic heterocycles. The van der Waals surface area contributed by atoms with Crippen molar-refractivity contribution in [3.63, 3.8) is 0 Å². The van der Waals surface area contributed by atoms with Crippen molar-refractivity contribution >= 4 is 29.5 Å². The average Bonchev–Trinajstić information content (AvgIpc) is 3.03. The van der Waals surface area contributed by atoms with Crippen LogP contribution < -0.4 is 5.32 Å². The van der Waals surface area contributed by atoms with E-state index in [9.17, 15) is 9.59 Å². The summed E-state index contributed by atoms with van der Waals surface area (Å²) in [5.41, 5.74) is 2.36. The minimum atomic E-state index is -0.505. The Balaban J connectivity index is 1.86. The number of amides is 1. The molecule has 1 N–H and O–H groups in total. The minimum absolute atomic E-state index is 0.138. The maximum Gasteiger partial charge on any atom is 0.363 e. The average molecular weight is 324 g/mol. The molecule has 1 aliphatic heterocycles. The summed E-state index contributed by atoms with van der Waals surface area (Å²) < 4.78 is 10.7. The van der Waals surface area contributed by atoms with E-state index in [1.165, 1.54) is 6.92 Å². The number of nitrogens with one attached hydrogen (secondary N) is 1. The number of rotatable bonds is 3. The number of nitrogens with zero attached hydrogens (tertiary/aromatic N) is 1. The van der Waals surface area contributed by atoms with Gasteiger partial charge in [-0.3, -0.25) is 4.79 Å². The zero-order valence-electron chi connectivity index (χ0n) is 13.5. The van der Waals surface area contributed by atoms with Crippen LogP contribution in [0.3, 0.4) is 0 Å². The summed E-state index contributed by atoms with van der Waals surface area (Å²) in [5.74, 6) is 0.984. The summed E-state index contributed by atoms with van der Waals surface area (Å²) in [6.07, 6.45) is 1.63. The summed E-state index contributed by atoms with van der Waals surface area (Å²) >= 11 is 0. The second kappa shape index (κ2) is 6.16. The molecule has 0 saturated heterocycles. The number of aryl methyl sites for hydroxylation is 2. The van der Waals surface area contributed by atoms with E-state index in [0.717, 1.165) is 11.3 Å². The van der Waals surface area contributed by atoms with Crippen LogP contribution >= 0.6 is 0 Å². The fourth-order valence-electron chi connectivity index (χ4n) is 2.39. The molecular weight excluding hydrogens is 308 g/mol. The number of anilines is 1. The quantitative estimate of drug-likeness (QED) is 0.694. The van der Waals surface area contributed by atoms with Gasteiger partial charge in [-0.2, -0.15) is 0 Å². The number of carbonyl (C=O) groups is 2. The van der Waals surface area contributed by atoms with E-state index < -0.39 is 5.97 Å². The standard InChI is InChI=1S/C18H16N2O4/c1-10-8-15(11(2)23-10)17-20-16(18(22)24-17)9-13-4-6-14(7-5-13)19-12(3)21/h4-9H,1-3H3,(H,19,21). The van der Waals surface area contributed by atoms with Crippen molar-refractivity contribution in [3.8, 4) is 0 Å². The molecule has 24 heavy (non-hydrogen) atoms. The molecule has 0 bridgehead atoms. The Hall–Kier alpha value is -3.15. The van der Waals surface area contributed by atoms with Gasteiger partial charge in [-0.05, 0) is 43.7 Å². The summed E-state index contributed by atoms with van der Waals surface area (Å²) in [6.45, 7) is 5.06. The first-order chi connectivity index (χ1) is 11.4. The molecule has 3 rings (SSSR count). The van der Waals surface area contributed by atoms with Crippen LogP contribution in [0.15, 0.2) is 45.4 Å². The highest BCUT2D eigenvalue weighted by Crippen LogP contribution is 2.23. The Morgan fingerprint density at radius 1 is 1.21 bits per heavy atom. The van der Waals surface area contributed by atoms with Crippen LogP contribution in [0.4, 0.5) is 5.69 Å². The molecule has 0 atom stereocenters. The molecule has 6 heteroatoms. The van der Waals surface area contributed by atoms with Crippen molar-refractivity contribution in [1.82, 2.24) is 0 Å². The fourth-order valence-corrected chi connectivity index (χ4v) is 2.39. The SMILES string of the molecule is CC(=O)Nc1ccc(C=C2N=C(c3cc(C)oc3C)OC2=O)cc1. The molecule has 2 aromatic rings. The number of cyclic esters (lactones) is 1. The van der Waals surface area contributed by atoms with Gasteiger partial charge < -0.3 is 14.5 Å². The number of carbonyl (C=O) groups excluding carboxylic acids is 2. The number of esters is 1. The van der Waals surface area contributed by atoms with Crippen molar-refractivity contribution in [2.45, 2.75) is 20.8 Å². The van der Waals surface area contributed by atoms with Crippen molar-refractivity contribution in [2.75, 3.05) is 5.32 Å². The molecule has 0 spiro atoms. The highest BCUT2D eigenvalue weighted by Gasteiger charge is 2.26. The predicted molar refractivity (Wildman–Crippen MR) is 89.5 cm³/mol. The van der Waals surface area contributed by atoms with Crippen molar-refractivity contribution in [1.29, 1.82) is 0 Å². The first-order valence-electron chi connectivity index (χ1n) is 7.40. The normalized spacial score (nSPS) is 15.4. The van der Waals surface area contributed by atoms with Gasteiger partial charge >= 0.3 is 5.97 Å². The number of benzene rings is 1. The summed E-state index contributed by atoms with van der Waals surface area (Å²) in [7, 11) is 0. The Bertz CT molecular complexity index is 873. The second-order valence-corrected chi connectivity index (χ2v) is 5.47. The van der Waals surface area contributed by atoms with Gasteiger partial charge in [-0.25, -0.2) is 9.79 Å². The lowest BCUT2D eigenvalue weighted by Crippen LogP contribution is -2.05. The number of hydrogen-bond donors (Lipinski definition) is 1. The topological polar surface area (TPSA) is 80.9 Å². The molecule has 122 valence electrons. The van der Waals surface area contributed by atoms with E-state index in [4.69, 9.17) is 9.15 Å². The lowest BCUT2D eigenvalue weighted by Gasteiger charge is -2.01. The maximum absolute atomic E-state index is 12.0. The zero-order valence-corrected chi connectivity index (χ0v) is 13.5. The molecule has 0 unspecified atom stereocenters. The van der Waals surface area contributed by atoms with Crippen molar-refractivity contribution < 1.29 is 18.7 Å². The van der Waals surface area contributed by atoms with Crippen molar-refractivity contribution in [3.05, 3.63) is 58.7 Å². The maximum atomic E-state index is 12.0. The van der Waals surface area contributed by atoms with Crippen LogP contribution in [0.2, 0.25) is 0 Å². The number of hydrogen-bond acceptors (Lipinski definition) is 5. The van der Waals surface area contributed by atoms with Gasteiger partial charge in [0.05, 0.1) is 5.56 Å². The molecule has 1 aliphatic rings. The molecular formula is C18H16N2O4. The van der Waals surface area contributed by atoms with Crippen LogP contribution in [0.5, 0.6) is 0 Å². The molecule has 2 heterocycles.